The van der Waals surface area contributed by atoms with E-state index in [1.165, 1.54) is 0 Å². The minimum absolute atomic E-state index is 0. The molecule has 5 heavy (non-hydrogen) atoms. The Morgan fingerprint density at radius 2 is 0.800 bits per heavy atom. The molecule has 0 radical (unpaired) electrons. The number of hydrogen-bond acceptors (Lipinski definition) is 0. The zero-order valence-corrected chi connectivity index (χ0v) is 5.78. The Bertz CT molecular complexity index is 12.9. The Morgan fingerprint density at radius 1 is 0.800 bits per heavy atom. The van der Waals surface area contributed by atoms with Gasteiger partial charge in [-0.15, -0.1) is 0 Å². The predicted octanol–water partition coefficient (Wildman–Crippen LogP) is -9.52. The van der Waals surface area contributed by atoms with Crippen molar-refractivity contribution in [1.29, 1.82) is 0 Å². The van der Waals surface area contributed by atoms with Crippen LogP contribution in [0.15, 0.2) is 0 Å². The molecule has 0 rings (SSSR count). The van der Waals surface area contributed by atoms with E-state index in [4.69, 9.17) is 0 Å². The van der Waals surface area contributed by atoms with E-state index in [-0.39, 0.29) is 72.1 Å². The number of rotatable bonds is 0. The molecule has 0 fully saturated rings. The molecule has 0 N–H and O–H groups in total. The van der Waals surface area contributed by atoms with Crippen LogP contribution in [0.2, 0.25) is 0 Å². The van der Waals surface area contributed by atoms with Crippen molar-refractivity contribution in [1.82, 2.24) is 0 Å². The van der Waals surface area contributed by atoms with Crippen LogP contribution in [0.4, 0.5) is 0 Å². The molecule has 0 aliphatic carbocycles. The van der Waals surface area contributed by atoms with Crippen molar-refractivity contribution >= 4 is 55.1 Å². The Kier molecular flexibility index (Phi) is 767. The summed E-state index contributed by atoms with van der Waals surface area (Å²) in [6.45, 7) is 0. The molecule has 0 aliphatic rings. The van der Waals surface area contributed by atoms with Gasteiger partial charge >= 0.3 is 55.1 Å². The van der Waals surface area contributed by atoms with Crippen molar-refractivity contribution in [3.8, 4) is 0 Å². The van der Waals surface area contributed by atoms with Gasteiger partial charge in [-0.25, -0.2) is 0 Å². The van der Waals surface area contributed by atoms with Gasteiger partial charge < -0.3 is 17.0 Å². The van der Waals surface area contributed by atoms with Crippen LogP contribution in [0.1, 0.15) is 2.85 Å². The molecule has 28 valence electrons. The van der Waals surface area contributed by atoms with E-state index in [9.17, 15) is 0 Å². The quantitative estimate of drug-likeness (QED) is 0.283. The maximum absolute atomic E-state index is 0. The van der Waals surface area contributed by atoms with Crippen molar-refractivity contribution in [2.24, 2.45) is 0 Å². The molecular formula is H2AlCaF3. The van der Waals surface area contributed by atoms with Crippen molar-refractivity contribution in [3.63, 3.8) is 0 Å². The summed E-state index contributed by atoms with van der Waals surface area (Å²) in [7, 11) is 0. The van der Waals surface area contributed by atoms with Gasteiger partial charge in [-0.3, -0.25) is 0 Å². The maximum Gasteiger partial charge on any atom is 3.00 e. The van der Waals surface area contributed by atoms with E-state index in [0.717, 1.165) is 0 Å². The van der Waals surface area contributed by atoms with Crippen molar-refractivity contribution in [2.45, 2.75) is 0 Å². The summed E-state index contributed by atoms with van der Waals surface area (Å²) >= 11 is 0. The summed E-state index contributed by atoms with van der Waals surface area (Å²) in [5.41, 5.74) is 0. The largest absolute Gasteiger partial charge is 3.00 e. The van der Waals surface area contributed by atoms with E-state index in [0.29, 0.717) is 0 Å². The third-order valence-electron chi connectivity index (χ3n) is 0. The fraction of sp³-hybridized carbons (Fsp3) is 0. The molecule has 0 amide bonds. The van der Waals surface area contributed by atoms with Crippen molar-refractivity contribution in [3.05, 3.63) is 0 Å². The van der Waals surface area contributed by atoms with Crippen LogP contribution in [0.25, 0.3) is 0 Å². The molecule has 0 saturated heterocycles. The van der Waals surface area contributed by atoms with Crippen LogP contribution in [-0.2, 0) is 0 Å². The fourth-order valence-electron chi connectivity index (χ4n) is 0. The van der Waals surface area contributed by atoms with Gasteiger partial charge in [-0.1, -0.05) is 0 Å². The zero-order valence-electron chi connectivity index (χ0n) is 4.42. The standard InChI is InChI=1S/Al.Ca.3FH.2H/h;;3*1H;;/q+3;+2;;;;2*-1/p-3. The van der Waals surface area contributed by atoms with Gasteiger partial charge in [0.05, 0.1) is 0 Å². The van der Waals surface area contributed by atoms with E-state index >= 15 is 0 Å². The first-order valence-corrected chi connectivity index (χ1v) is 0. The van der Waals surface area contributed by atoms with E-state index in [1.807, 2.05) is 0 Å². The predicted molar refractivity (Wildman–Crippen MR) is 13.7 cm³/mol. The van der Waals surface area contributed by atoms with Gasteiger partial charge in [0.15, 0.2) is 0 Å². The van der Waals surface area contributed by atoms with Gasteiger partial charge in [0.2, 0.25) is 0 Å². The monoisotopic (exact) mass is 126 g/mol. The number of hydrogen-bond donors (Lipinski definition) is 0. The molecule has 0 aromatic rings. The molecule has 0 spiro atoms. The molecule has 0 saturated carbocycles. The Balaban J connectivity index is 0. The van der Waals surface area contributed by atoms with Crippen molar-refractivity contribution in [2.75, 3.05) is 0 Å². The van der Waals surface area contributed by atoms with Gasteiger partial charge in [-0.2, -0.15) is 0 Å². The summed E-state index contributed by atoms with van der Waals surface area (Å²) < 4.78 is 0. The summed E-state index contributed by atoms with van der Waals surface area (Å²) in [4.78, 5) is 0. The summed E-state index contributed by atoms with van der Waals surface area (Å²) in [6, 6.07) is 0. The molecule has 0 bridgehead atoms. The zero-order chi connectivity index (χ0) is 0. The van der Waals surface area contributed by atoms with Crippen LogP contribution in [-0.4, -0.2) is 55.1 Å². The minimum Gasteiger partial charge on any atom is -1.00 e. The van der Waals surface area contributed by atoms with Crippen LogP contribution in [0.3, 0.4) is 0 Å². The van der Waals surface area contributed by atoms with Gasteiger partial charge in [0, 0.05) is 0 Å². The van der Waals surface area contributed by atoms with Crippen LogP contribution in [0, 0.1) is 0 Å². The van der Waals surface area contributed by atoms with Crippen LogP contribution < -0.4 is 14.1 Å². The SMILES string of the molecule is [Al+3].[Ca+2].[F-].[F-].[F-].[H-].[H-]. The Morgan fingerprint density at radius 3 is 0.800 bits per heavy atom. The maximum atomic E-state index is 0. The molecule has 0 atom stereocenters. The second-order valence-electron chi connectivity index (χ2n) is 0. The molecule has 0 aliphatic heterocycles. The topological polar surface area (TPSA) is 0 Å². The van der Waals surface area contributed by atoms with Crippen molar-refractivity contribution < 1.29 is 17.0 Å². The summed E-state index contributed by atoms with van der Waals surface area (Å²) in [5.74, 6) is 0. The smallest absolute Gasteiger partial charge is 1.00 e. The molecule has 0 nitrogen and oxygen atoms in total. The van der Waals surface area contributed by atoms with E-state index < -0.39 is 0 Å². The third kappa shape index (κ3) is 28.6. The Hall–Kier alpha value is 1.58. The molecule has 0 heterocycles. The van der Waals surface area contributed by atoms with Gasteiger partial charge in [-0.05, 0) is 0 Å². The first kappa shape index (κ1) is 81.9. The molecular weight excluding hydrogens is 124 g/mol. The first-order valence-electron chi connectivity index (χ1n) is 0. The normalized spacial score (nSPS) is 0. The third-order valence-corrected chi connectivity index (χ3v) is 0. The molecule has 5 heteroatoms. The second-order valence-corrected chi connectivity index (χ2v) is 0. The second kappa shape index (κ2) is 46.8. The summed E-state index contributed by atoms with van der Waals surface area (Å²) in [6.07, 6.45) is 0. The van der Waals surface area contributed by atoms with Gasteiger partial charge in [0.25, 0.3) is 0 Å². The average Bonchev–Trinajstić information content (AvgIpc) is 0. The Labute approximate surface area is 71.5 Å². The first-order chi connectivity index (χ1) is 0. The molecule has 0 unspecified atom stereocenters. The van der Waals surface area contributed by atoms with Crippen LogP contribution >= 0.6 is 0 Å². The summed E-state index contributed by atoms with van der Waals surface area (Å²) in [5, 5.41) is 0. The molecule has 0 aromatic heterocycles. The van der Waals surface area contributed by atoms with E-state index in [2.05, 4.69) is 0 Å². The number of halogens is 3. The minimum atomic E-state index is 0. The van der Waals surface area contributed by atoms with E-state index in [1.54, 1.807) is 0 Å². The fourth-order valence-corrected chi connectivity index (χ4v) is 0. The molecule has 0 aromatic carbocycles. The van der Waals surface area contributed by atoms with Crippen LogP contribution in [0.5, 0.6) is 0 Å². The average molecular weight is 126 g/mol. The van der Waals surface area contributed by atoms with Gasteiger partial charge in [0.1, 0.15) is 0 Å².